The van der Waals surface area contributed by atoms with Crippen LogP contribution in [0.2, 0.25) is 0 Å². The first-order valence-electron chi connectivity index (χ1n) is 3.80. The number of carbonyl (C=O) groups excluding carboxylic acids is 1. The van der Waals surface area contributed by atoms with Crippen molar-refractivity contribution >= 4 is 11.9 Å². The van der Waals surface area contributed by atoms with E-state index in [0.717, 1.165) is 0 Å². The smallest absolute Gasteiger partial charge is 0.320 e. The molecule has 3 N–H and O–H groups in total. The highest BCUT2D eigenvalue weighted by Crippen LogP contribution is 1.78. The Balaban J connectivity index is 3.54. The first-order valence-corrected chi connectivity index (χ1v) is 3.80. The van der Waals surface area contributed by atoms with E-state index in [0.29, 0.717) is 6.54 Å². The van der Waals surface area contributed by atoms with Gasteiger partial charge in [0.15, 0.2) is 0 Å². The minimum atomic E-state index is -0.959. The molecule has 5 nitrogen and oxygen atoms in total. The quantitative estimate of drug-likeness (QED) is 0.509. The van der Waals surface area contributed by atoms with Gasteiger partial charge in [0, 0.05) is 6.54 Å². The first kappa shape index (κ1) is 10.9. The van der Waals surface area contributed by atoms with Crippen LogP contribution in [0, 0.1) is 0 Å². The molecule has 0 radical (unpaired) electrons. The molecule has 5 heteroatoms. The zero-order valence-electron chi connectivity index (χ0n) is 7.26. The highest BCUT2D eigenvalue weighted by atomic mass is 16.4. The maximum atomic E-state index is 10.8. The van der Waals surface area contributed by atoms with Crippen molar-refractivity contribution in [3.63, 3.8) is 0 Å². The molecule has 1 unspecified atom stereocenters. The second kappa shape index (κ2) is 5.54. The third-order valence-corrected chi connectivity index (χ3v) is 1.31. The van der Waals surface area contributed by atoms with Crippen LogP contribution in [-0.2, 0) is 9.59 Å². The number of carboxylic acid groups (broad SMARTS) is 1. The number of hydrogen-bond acceptors (Lipinski definition) is 3. The first-order chi connectivity index (χ1) is 5.57. The Morgan fingerprint density at radius 2 is 2.08 bits per heavy atom. The number of amides is 1. The maximum absolute atomic E-state index is 10.8. The Bertz CT molecular complexity index is 170. The summed E-state index contributed by atoms with van der Waals surface area (Å²) in [4.78, 5) is 21.1. The molecule has 0 aliphatic heterocycles. The fourth-order valence-electron chi connectivity index (χ4n) is 0.593. The molecule has 0 heterocycles. The molecule has 12 heavy (non-hydrogen) atoms. The van der Waals surface area contributed by atoms with E-state index >= 15 is 0 Å². The summed E-state index contributed by atoms with van der Waals surface area (Å²) in [6.45, 7) is 3.89. The van der Waals surface area contributed by atoms with Crippen LogP contribution < -0.4 is 10.6 Å². The van der Waals surface area contributed by atoms with E-state index in [9.17, 15) is 9.59 Å². The lowest BCUT2D eigenvalue weighted by Gasteiger charge is -2.07. The third kappa shape index (κ3) is 4.68. The molecule has 0 saturated heterocycles. The number of likely N-dealkylation sites (N-methyl/N-ethyl adjacent to an activating group) is 1. The van der Waals surface area contributed by atoms with E-state index < -0.39 is 12.0 Å². The third-order valence-electron chi connectivity index (χ3n) is 1.31. The Hall–Kier alpha value is -1.10. The topological polar surface area (TPSA) is 78.4 Å². The van der Waals surface area contributed by atoms with Gasteiger partial charge < -0.3 is 10.4 Å². The Labute approximate surface area is 71.1 Å². The second-order valence-electron chi connectivity index (χ2n) is 2.39. The molecule has 0 bridgehead atoms. The van der Waals surface area contributed by atoms with E-state index in [1.54, 1.807) is 6.92 Å². The van der Waals surface area contributed by atoms with Gasteiger partial charge in [-0.3, -0.25) is 14.9 Å². The molecular formula is C7H14N2O3. The molecule has 1 atom stereocenters. The summed E-state index contributed by atoms with van der Waals surface area (Å²) in [5.41, 5.74) is 0. The van der Waals surface area contributed by atoms with Gasteiger partial charge >= 0.3 is 5.97 Å². The van der Waals surface area contributed by atoms with Crippen molar-refractivity contribution in [3.8, 4) is 0 Å². The van der Waals surface area contributed by atoms with Crippen molar-refractivity contribution in [2.75, 3.05) is 13.1 Å². The standard InChI is InChI=1S/C7H14N2O3/c1-3-8-6(10)4-9-5(2)7(11)12/h5,9H,3-4H2,1-2H3,(H,8,10)(H,11,12). The molecule has 0 spiro atoms. The van der Waals surface area contributed by atoms with Crippen molar-refractivity contribution < 1.29 is 14.7 Å². The number of aliphatic carboxylic acids is 1. The molecule has 0 rings (SSSR count). The average Bonchev–Trinajstić information content (AvgIpc) is 2.00. The minimum absolute atomic E-state index is 0.0430. The summed E-state index contributed by atoms with van der Waals surface area (Å²) in [5, 5.41) is 13.5. The van der Waals surface area contributed by atoms with Crippen LogP contribution >= 0.6 is 0 Å². The van der Waals surface area contributed by atoms with Crippen molar-refractivity contribution in [2.45, 2.75) is 19.9 Å². The number of nitrogens with one attached hydrogen (secondary N) is 2. The number of hydrogen-bond donors (Lipinski definition) is 3. The van der Waals surface area contributed by atoms with Gasteiger partial charge in [-0.1, -0.05) is 0 Å². The van der Waals surface area contributed by atoms with E-state index in [1.165, 1.54) is 6.92 Å². The number of rotatable bonds is 5. The van der Waals surface area contributed by atoms with Gasteiger partial charge in [0.25, 0.3) is 0 Å². The van der Waals surface area contributed by atoms with E-state index in [-0.39, 0.29) is 12.5 Å². The van der Waals surface area contributed by atoms with E-state index in [4.69, 9.17) is 5.11 Å². The molecular weight excluding hydrogens is 160 g/mol. The van der Waals surface area contributed by atoms with Crippen LogP contribution in [0.15, 0.2) is 0 Å². The summed E-state index contributed by atoms with van der Waals surface area (Å²) in [7, 11) is 0. The molecule has 0 aliphatic rings. The van der Waals surface area contributed by atoms with E-state index in [2.05, 4.69) is 10.6 Å². The van der Waals surface area contributed by atoms with Gasteiger partial charge in [-0.25, -0.2) is 0 Å². The lowest BCUT2D eigenvalue weighted by molar-refractivity contribution is -0.139. The number of carboxylic acids is 1. The van der Waals surface area contributed by atoms with Crippen molar-refractivity contribution in [3.05, 3.63) is 0 Å². The van der Waals surface area contributed by atoms with Gasteiger partial charge in [0.05, 0.1) is 6.54 Å². The molecule has 70 valence electrons. The summed E-state index contributed by atoms with van der Waals surface area (Å²) >= 11 is 0. The fourth-order valence-corrected chi connectivity index (χ4v) is 0.593. The van der Waals surface area contributed by atoms with Crippen LogP contribution in [0.4, 0.5) is 0 Å². The minimum Gasteiger partial charge on any atom is -0.480 e. The maximum Gasteiger partial charge on any atom is 0.320 e. The Kier molecular flexibility index (Phi) is 5.03. The summed E-state index contributed by atoms with van der Waals surface area (Å²) < 4.78 is 0. The van der Waals surface area contributed by atoms with Gasteiger partial charge in [-0.2, -0.15) is 0 Å². The fraction of sp³-hybridized carbons (Fsp3) is 0.714. The molecule has 0 saturated carbocycles. The highest BCUT2D eigenvalue weighted by molar-refractivity contribution is 5.79. The van der Waals surface area contributed by atoms with Gasteiger partial charge in [0.1, 0.15) is 6.04 Å². The van der Waals surface area contributed by atoms with Crippen molar-refractivity contribution in [1.29, 1.82) is 0 Å². The van der Waals surface area contributed by atoms with E-state index in [1.807, 2.05) is 0 Å². The second-order valence-corrected chi connectivity index (χ2v) is 2.39. The van der Waals surface area contributed by atoms with Crippen LogP contribution in [0.3, 0.4) is 0 Å². The van der Waals surface area contributed by atoms with Gasteiger partial charge in [0.2, 0.25) is 5.91 Å². The predicted octanol–water partition coefficient (Wildman–Crippen LogP) is -0.815. The summed E-state index contributed by atoms with van der Waals surface area (Å²) in [6.07, 6.45) is 0. The average molecular weight is 174 g/mol. The van der Waals surface area contributed by atoms with Crippen LogP contribution in [0.1, 0.15) is 13.8 Å². The molecule has 0 aliphatic carbocycles. The highest BCUT2D eigenvalue weighted by Gasteiger charge is 2.10. The van der Waals surface area contributed by atoms with Crippen molar-refractivity contribution in [1.82, 2.24) is 10.6 Å². The lowest BCUT2D eigenvalue weighted by atomic mass is 10.3. The van der Waals surface area contributed by atoms with Crippen molar-refractivity contribution in [2.24, 2.45) is 0 Å². The van der Waals surface area contributed by atoms with Crippen LogP contribution in [-0.4, -0.2) is 36.1 Å². The van der Waals surface area contributed by atoms with Gasteiger partial charge in [-0.15, -0.1) is 0 Å². The summed E-state index contributed by atoms with van der Waals surface area (Å²) in [5.74, 6) is -1.15. The summed E-state index contributed by atoms with van der Waals surface area (Å²) in [6, 6.07) is -0.687. The van der Waals surface area contributed by atoms with Gasteiger partial charge in [-0.05, 0) is 13.8 Å². The normalized spacial score (nSPS) is 12.2. The zero-order chi connectivity index (χ0) is 9.56. The molecule has 0 aromatic heterocycles. The van der Waals surface area contributed by atoms with Crippen LogP contribution in [0.25, 0.3) is 0 Å². The predicted molar refractivity (Wildman–Crippen MR) is 43.8 cm³/mol. The lowest BCUT2D eigenvalue weighted by Crippen LogP contribution is -2.41. The molecule has 0 fully saturated rings. The monoisotopic (exact) mass is 174 g/mol. The molecule has 1 amide bonds. The SMILES string of the molecule is CCNC(=O)CNC(C)C(=O)O. The molecule has 0 aromatic rings. The number of carbonyl (C=O) groups is 2. The molecule has 0 aromatic carbocycles. The van der Waals surface area contributed by atoms with Crippen LogP contribution in [0.5, 0.6) is 0 Å². The largest absolute Gasteiger partial charge is 0.480 e. The Morgan fingerprint density at radius 1 is 1.50 bits per heavy atom. The zero-order valence-corrected chi connectivity index (χ0v) is 7.26. The Morgan fingerprint density at radius 3 is 2.50 bits per heavy atom.